The second kappa shape index (κ2) is 9.95. The molecule has 2 N–H and O–H groups in total. The Kier molecular flexibility index (Phi) is 7.93. The largest absolute Gasteiger partial charge is 0.438 e. The molecule has 2 heterocycles. The molecule has 0 saturated carbocycles. The standard InChI is InChI=1S/C15H23N3O4S2/c1-2-12(19)6-5-11-10-24-15(21)18(11)7-9-23-8-3-4-13-16-14(20)22-17-13/h5-6,11-12,19H,2-4,7-10H2,1H3,(H,16,17,20)/b6-5+/t11-,12-/m0/s1. The van der Waals surface area contributed by atoms with Crippen LogP contribution in [0.25, 0.3) is 0 Å². The van der Waals surface area contributed by atoms with Crippen molar-refractivity contribution in [1.29, 1.82) is 0 Å². The highest BCUT2D eigenvalue weighted by atomic mass is 32.2. The summed E-state index contributed by atoms with van der Waals surface area (Å²) in [5.41, 5.74) is 0. The molecule has 0 spiro atoms. The number of thioether (sulfide) groups is 2. The first kappa shape index (κ1) is 19.1. The highest BCUT2D eigenvalue weighted by Gasteiger charge is 2.29. The number of H-pyrrole nitrogens is 1. The minimum Gasteiger partial charge on any atom is -0.389 e. The summed E-state index contributed by atoms with van der Waals surface area (Å²) in [5.74, 6) is 2.60. The van der Waals surface area contributed by atoms with Crippen molar-refractivity contribution in [2.24, 2.45) is 0 Å². The van der Waals surface area contributed by atoms with Crippen molar-refractivity contribution >= 4 is 28.8 Å². The number of aromatic nitrogens is 2. The maximum Gasteiger partial charge on any atom is 0.438 e. The van der Waals surface area contributed by atoms with Gasteiger partial charge >= 0.3 is 5.76 Å². The van der Waals surface area contributed by atoms with Crippen molar-refractivity contribution in [3.05, 3.63) is 28.5 Å². The monoisotopic (exact) mass is 373 g/mol. The molecule has 2 rings (SSSR count). The van der Waals surface area contributed by atoms with Gasteiger partial charge in [-0.3, -0.25) is 14.3 Å². The Morgan fingerprint density at radius 3 is 3.08 bits per heavy atom. The smallest absolute Gasteiger partial charge is 0.389 e. The maximum atomic E-state index is 11.9. The highest BCUT2D eigenvalue weighted by molar-refractivity contribution is 8.13. The molecule has 0 bridgehead atoms. The van der Waals surface area contributed by atoms with Crippen LogP contribution in [0.15, 0.2) is 21.5 Å². The fourth-order valence-electron chi connectivity index (χ4n) is 2.25. The predicted molar refractivity (Wildman–Crippen MR) is 96.6 cm³/mol. The summed E-state index contributed by atoms with van der Waals surface area (Å²) in [7, 11) is 0. The lowest BCUT2D eigenvalue weighted by molar-refractivity contribution is 0.214. The molecular formula is C15H23N3O4S2. The number of nitrogens with one attached hydrogen (secondary N) is 1. The molecule has 0 radical (unpaired) electrons. The Labute approximate surface area is 149 Å². The predicted octanol–water partition coefficient (Wildman–Crippen LogP) is 1.89. The summed E-state index contributed by atoms with van der Waals surface area (Å²) in [6.45, 7) is 2.63. The SMILES string of the molecule is CC[C@H](O)/C=C/[C@H]1CSC(=O)N1CCSCCCc1noc(=O)[nH]1. The summed E-state index contributed by atoms with van der Waals surface area (Å²) in [5, 5.41) is 13.3. The van der Waals surface area contributed by atoms with E-state index in [-0.39, 0.29) is 11.3 Å². The van der Waals surface area contributed by atoms with Gasteiger partial charge in [0.25, 0.3) is 5.24 Å². The number of carbonyl (C=O) groups excluding carboxylic acids is 1. The molecule has 134 valence electrons. The van der Waals surface area contributed by atoms with Crippen LogP contribution in [-0.2, 0) is 6.42 Å². The van der Waals surface area contributed by atoms with Crippen molar-refractivity contribution in [3.63, 3.8) is 0 Å². The van der Waals surface area contributed by atoms with Crippen LogP contribution >= 0.6 is 23.5 Å². The number of rotatable bonds is 10. The molecule has 2 atom stereocenters. The molecule has 1 aliphatic rings. The van der Waals surface area contributed by atoms with Crippen LogP contribution in [0, 0.1) is 0 Å². The van der Waals surface area contributed by atoms with Crippen molar-refractivity contribution in [3.8, 4) is 0 Å². The summed E-state index contributed by atoms with van der Waals surface area (Å²) < 4.78 is 4.44. The first-order chi connectivity index (χ1) is 11.6. The van der Waals surface area contributed by atoms with Gasteiger partial charge in [-0.2, -0.15) is 11.8 Å². The van der Waals surface area contributed by atoms with Gasteiger partial charge in [0.1, 0.15) is 0 Å². The van der Waals surface area contributed by atoms with E-state index in [1.54, 1.807) is 17.8 Å². The lowest BCUT2D eigenvalue weighted by atomic mass is 10.2. The lowest BCUT2D eigenvalue weighted by Gasteiger charge is -2.21. The maximum absolute atomic E-state index is 11.9. The van der Waals surface area contributed by atoms with Crippen molar-refractivity contribution in [2.75, 3.05) is 23.8 Å². The van der Waals surface area contributed by atoms with E-state index in [0.717, 1.165) is 23.7 Å². The van der Waals surface area contributed by atoms with Crippen LogP contribution in [0.3, 0.4) is 0 Å². The number of aromatic amines is 1. The quantitative estimate of drug-likeness (QED) is 0.477. The normalized spacial score (nSPS) is 19.5. The number of carbonyl (C=O) groups is 1. The molecule has 1 aromatic rings. The molecule has 9 heteroatoms. The average molecular weight is 374 g/mol. The molecule has 0 aromatic carbocycles. The lowest BCUT2D eigenvalue weighted by Crippen LogP contribution is -2.34. The molecule has 1 fully saturated rings. The zero-order valence-electron chi connectivity index (χ0n) is 13.6. The van der Waals surface area contributed by atoms with Crippen LogP contribution < -0.4 is 5.76 Å². The van der Waals surface area contributed by atoms with Gasteiger partial charge in [-0.25, -0.2) is 4.79 Å². The van der Waals surface area contributed by atoms with Gasteiger partial charge in [0.2, 0.25) is 0 Å². The topological polar surface area (TPSA) is 99.4 Å². The molecule has 24 heavy (non-hydrogen) atoms. The number of aliphatic hydroxyl groups excluding tert-OH is 1. The van der Waals surface area contributed by atoms with Gasteiger partial charge in [-0.1, -0.05) is 36.0 Å². The first-order valence-corrected chi connectivity index (χ1v) is 10.2. The Balaban J connectivity index is 1.65. The second-order valence-corrected chi connectivity index (χ2v) is 7.65. The van der Waals surface area contributed by atoms with E-state index < -0.39 is 11.9 Å². The van der Waals surface area contributed by atoms with Gasteiger partial charge < -0.3 is 10.0 Å². The van der Waals surface area contributed by atoms with E-state index in [1.165, 1.54) is 11.8 Å². The summed E-state index contributed by atoms with van der Waals surface area (Å²) >= 11 is 3.11. The minimum absolute atomic E-state index is 0.0736. The molecular weight excluding hydrogens is 350 g/mol. The van der Waals surface area contributed by atoms with E-state index in [4.69, 9.17) is 0 Å². The third-order valence-corrected chi connectivity index (χ3v) is 5.69. The molecule has 1 saturated heterocycles. The van der Waals surface area contributed by atoms with Crippen molar-refractivity contribution in [1.82, 2.24) is 15.0 Å². The molecule has 0 aliphatic carbocycles. The number of nitrogens with zero attached hydrogens (tertiary/aromatic N) is 2. The third-order valence-electron chi connectivity index (χ3n) is 3.65. The highest BCUT2D eigenvalue weighted by Crippen LogP contribution is 2.25. The zero-order valence-corrected chi connectivity index (χ0v) is 15.3. The third kappa shape index (κ3) is 6.03. The Bertz CT molecular complexity index is 602. The van der Waals surface area contributed by atoms with Gasteiger partial charge in [-0.05, 0) is 18.6 Å². The Morgan fingerprint density at radius 2 is 2.38 bits per heavy atom. The van der Waals surface area contributed by atoms with E-state index in [1.807, 2.05) is 17.9 Å². The molecule has 7 nitrogen and oxygen atoms in total. The van der Waals surface area contributed by atoms with Gasteiger partial charge in [0.05, 0.1) is 12.1 Å². The van der Waals surface area contributed by atoms with E-state index in [0.29, 0.717) is 25.2 Å². The van der Waals surface area contributed by atoms with Gasteiger partial charge in [0, 0.05) is 24.5 Å². The minimum atomic E-state index is -0.519. The van der Waals surface area contributed by atoms with Gasteiger partial charge in [0.15, 0.2) is 5.82 Å². The molecule has 1 amide bonds. The summed E-state index contributed by atoms with van der Waals surface area (Å²) in [6, 6.07) is 0.0736. The van der Waals surface area contributed by atoms with E-state index in [2.05, 4.69) is 14.7 Å². The van der Waals surface area contributed by atoms with Crippen LogP contribution in [0.1, 0.15) is 25.6 Å². The van der Waals surface area contributed by atoms with Crippen LogP contribution in [0.5, 0.6) is 0 Å². The summed E-state index contributed by atoms with van der Waals surface area (Å²) in [6.07, 6.45) is 5.53. The van der Waals surface area contributed by atoms with Crippen LogP contribution in [0.4, 0.5) is 4.79 Å². The summed E-state index contributed by atoms with van der Waals surface area (Å²) in [4.78, 5) is 27.1. The van der Waals surface area contributed by atoms with Crippen molar-refractivity contribution < 1.29 is 14.4 Å². The number of hydrogen-bond acceptors (Lipinski definition) is 7. The zero-order chi connectivity index (χ0) is 17.4. The number of aryl methyl sites for hydroxylation is 1. The van der Waals surface area contributed by atoms with Crippen molar-refractivity contribution in [2.45, 2.75) is 38.3 Å². The number of hydrogen-bond donors (Lipinski definition) is 2. The fraction of sp³-hybridized carbons (Fsp3) is 0.667. The number of aliphatic hydroxyl groups is 1. The Morgan fingerprint density at radius 1 is 1.54 bits per heavy atom. The fourth-order valence-corrected chi connectivity index (χ4v) is 4.12. The number of amides is 1. The second-order valence-electron chi connectivity index (χ2n) is 5.46. The molecule has 1 aromatic heterocycles. The van der Waals surface area contributed by atoms with E-state index in [9.17, 15) is 14.7 Å². The Hall–Kier alpha value is -1.19. The van der Waals surface area contributed by atoms with E-state index >= 15 is 0 Å². The molecule has 0 unspecified atom stereocenters. The van der Waals surface area contributed by atoms with Gasteiger partial charge in [-0.15, -0.1) is 0 Å². The van der Waals surface area contributed by atoms with Crippen LogP contribution in [-0.4, -0.2) is 61.3 Å². The average Bonchev–Trinajstić information content (AvgIpc) is 3.14. The molecule has 1 aliphatic heterocycles. The first-order valence-electron chi connectivity index (χ1n) is 8.02. The van der Waals surface area contributed by atoms with Crippen LogP contribution in [0.2, 0.25) is 0 Å².